The molecule has 0 spiro atoms. The first kappa shape index (κ1) is 28.8. The molecule has 0 bridgehead atoms. The van der Waals surface area contributed by atoms with Gasteiger partial charge in [0.2, 0.25) is 16.3 Å². The molecule has 3 aromatic rings. The van der Waals surface area contributed by atoms with Crippen molar-refractivity contribution in [3.63, 3.8) is 0 Å². The van der Waals surface area contributed by atoms with Crippen LogP contribution in [-0.2, 0) is 24.3 Å². The van der Waals surface area contributed by atoms with Gasteiger partial charge in [-0.3, -0.25) is 9.59 Å². The molecule has 1 aromatic heterocycles. The highest BCUT2D eigenvalue weighted by Crippen LogP contribution is 2.32. The van der Waals surface area contributed by atoms with Gasteiger partial charge >= 0.3 is 0 Å². The number of methoxy groups -OCH3 is 1. The molecule has 0 radical (unpaired) electrons. The van der Waals surface area contributed by atoms with Crippen LogP contribution in [0.1, 0.15) is 30.7 Å². The fraction of sp³-hybridized carbons (Fsp3) is 0.379. The zero-order valence-corrected chi connectivity index (χ0v) is 23.3. The van der Waals surface area contributed by atoms with E-state index in [-0.39, 0.29) is 54.8 Å². The molecule has 1 aliphatic heterocycles. The molecular weight excluding hydrogens is 552 g/mol. The van der Waals surface area contributed by atoms with Crippen molar-refractivity contribution < 1.29 is 36.9 Å². The Balaban J connectivity index is 1.32. The van der Waals surface area contributed by atoms with Crippen LogP contribution in [0.25, 0.3) is 11.0 Å². The van der Waals surface area contributed by atoms with E-state index in [1.165, 1.54) is 25.5 Å². The monoisotopic (exact) mass is 584 g/mol. The molecule has 5 rings (SSSR count). The third kappa shape index (κ3) is 6.62. The summed E-state index contributed by atoms with van der Waals surface area (Å²) in [6.45, 7) is -0.691. The third-order valence-electron chi connectivity index (χ3n) is 6.99. The van der Waals surface area contributed by atoms with Crippen molar-refractivity contribution in [1.82, 2.24) is 9.62 Å². The number of fused-ring (bicyclic) bond motifs is 1. The van der Waals surface area contributed by atoms with Crippen molar-refractivity contribution in [3.8, 4) is 5.75 Å². The molecule has 1 fully saturated rings. The number of para-hydroxylation sites is 1. The predicted molar refractivity (Wildman–Crippen MR) is 149 cm³/mol. The second-order valence-electron chi connectivity index (χ2n) is 9.86. The average Bonchev–Trinajstić information content (AvgIpc) is 3.81. The zero-order chi connectivity index (χ0) is 29.0. The molecule has 1 aliphatic carbocycles. The van der Waals surface area contributed by atoms with Crippen LogP contribution >= 0.6 is 0 Å². The van der Waals surface area contributed by atoms with E-state index in [0.717, 1.165) is 17.1 Å². The number of nitrogens with zero attached hydrogens (tertiary/aromatic N) is 1. The molecule has 0 saturated heterocycles. The number of carbonyl (C=O) groups is 1. The topological polar surface area (TPSA) is 145 Å². The molecule has 1 saturated carbocycles. The Hall–Kier alpha value is -3.71. The minimum absolute atomic E-state index is 0.0313. The minimum Gasteiger partial charge on any atom is -0.497 e. The SMILES string of the molecule is COc1ccc(S(=O)(=O)N(CCO)CCO[C@H]2C[C@@H](c3coc4ccccc4c3=O)C=C(C(=O)NC3CC3)O2)cc1. The Morgan fingerprint density at radius 2 is 1.88 bits per heavy atom. The summed E-state index contributed by atoms with van der Waals surface area (Å²) in [5, 5.41) is 12.8. The highest BCUT2D eigenvalue weighted by molar-refractivity contribution is 7.89. The summed E-state index contributed by atoms with van der Waals surface area (Å²) in [4.78, 5) is 26.2. The number of hydrogen-bond acceptors (Lipinski definition) is 9. The highest BCUT2D eigenvalue weighted by atomic mass is 32.2. The van der Waals surface area contributed by atoms with Gasteiger partial charge in [0.15, 0.2) is 11.2 Å². The van der Waals surface area contributed by atoms with Crippen LogP contribution < -0.4 is 15.5 Å². The van der Waals surface area contributed by atoms with E-state index in [1.54, 1.807) is 42.5 Å². The van der Waals surface area contributed by atoms with Gasteiger partial charge in [0.1, 0.15) is 11.3 Å². The highest BCUT2D eigenvalue weighted by Gasteiger charge is 2.33. The first-order chi connectivity index (χ1) is 19.8. The quantitative estimate of drug-likeness (QED) is 0.328. The first-order valence-electron chi connectivity index (χ1n) is 13.4. The van der Waals surface area contributed by atoms with Gasteiger partial charge in [-0.15, -0.1) is 0 Å². The lowest BCUT2D eigenvalue weighted by atomic mass is 9.93. The van der Waals surface area contributed by atoms with Gasteiger partial charge in [0, 0.05) is 37.0 Å². The number of carbonyl (C=O) groups excluding carboxylic acids is 1. The van der Waals surface area contributed by atoms with Gasteiger partial charge in [-0.05, 0) is 55.3 Å². The molecule has 2 N–H and O–H groups in total. The van der Waals surface area contributed by atoms with Crippen LogP contribution in [0.2, 0.25) is 0 Å². The maximum atomic E-state index is 13.3. The largest absolute Gasteiger partial charge is 0.497 e. The summed E-state index contributed by atoms with van der Waals surface area (Å²) < 4.78 is 50.1. The zero-order valence-electron chi connectivity index (χ0n) is 22.5. The van der Waals surface area contributed by atoms with Gasteiger partial charge in [-0.2, -0.15) is 4.31 Å². The Morgan fingerprint density at radius 1 is 1.12 bits per heavy atom. The van der Waals surface area contributed by atoms with E-state index < -0.39 is 28.1 Å². The van der Waals surface area contributed by atoms with Crippen molar-refractivity contribution in [2.45, 2.75) is 42.4 Å². The van der Waals surface area contributed by atoms with Crippen LogP contribution in [0.4, 0.5) is 0 Å². The predicted octanol–water partition coefficient (Wildman–Crippen LogP) is 2.49. The van der Waals surface area contributed by atoms with Crippen molar-refractivity contribution >= 4 is 26.9 Å². The summed E-state index contributed by atoms with van der Waals surface area (Å²) in [5.74, 6) is -0.394. The number of allylic oxidation sites excluding steroid dienone is 1. The first-order valence-corrected chi connectivity index (χ1v) is 14.8. The number of aliphatic hydroxyl groups is 1. The van der Waals surface area contributed by atoms with Crippen LogP contribution in [0, 0.1) is 0 Å². The van der Waals surface area contributed by atoms with Crippen LogP contribution in [0.5, 0.6) is 5.75 Å². The fourth-order valence-corrected chi connectivity index (χ4v) is 6.03. The third-order valence-corrected chi connectivity index (χ3v) is 8.90. The van der Waals surface area contributed by atoms with E-state index in [0.29, 0.717) is 22.3 Å². The Kier molecular flexibility index (Phi) is 8.74. The van der Waals surface area contributed by atoms with Gasteiger partial charge in [-0.25, -0.2) is 8.42 Å². The smallest absolute Gasteiger partial charge is 0.286 e. The average molecular weight is 585 g/mol. The van der Waals surface area contributed by atoms with E-state index >= 15 is 0 Å². The molecule has 12 heteroatoms. The Morgan fingerprint density at radius 3 is 2.59 bits per heavy atom. The van der Waals surface area contributed by atoms with Crippen molar-refractivity contribution in [3.05, 3.63) is 82.4 Å². The van der Waals surface area contributed by atoms with E-state index in [4.69, 9.17) is 18.6 Å². The van der Waals surface area contributed by atoms with Gasteiger partial charge in [-0.1, -0.05) is 12.1 Å². The van der Waals surface area contributed by atoms with Crippen molar-refractivity contribution in [2.24, 2.45) is 0 Å². The lowest BCUT2D eigenvalue weighted by molar-refractivity contribution is -0.146. The Bertz CT molecular complexity index is 1580. The number of nitrogens with one attached hydrogen (secondary N) is 1. The van der Waals surface area contributed by atoms with Crippen LogP contribution in [0.15, 0.2) is 80.7 Å². The minimum atomic E-state index is -3.93. The Labute approximate surface area is 237 Å². The number of rotatable bonds is 12. The maximum absolute atomic E-state index is 13.3. The van der Waals surface area contributed by atoms with E-state index in [9.17, 15) is 23.1 Å². The molecule has 0 unspecified atom stereocenters. The molecule has 11 nitrogen and oxygen atoms in total. The summed E-state index contributed by atoms with van der Waals surface area (Å²) in [6.07, 6.45) is 4.05. The molecule has 2 atom stereocenters. The maximum Gasteiger partial charge on any atom is 0.286 e. The van der Waals surface area contributed by atoms with E-state index in [2.05, 4.69) is 5.32 Å². The molecular formula is C29H32N2O9S. The van der Waals surface area contributed by atoms with Crippen molar-refractivity contribution in [2.75, 3.05) is 33.4 Å². The number of ether oxygens (including phenoxy) is 3. The van der Waals surface area contributed by atoms with Crippen LogP contribution in [0.3, 0.4) is 0 Å². The van der Waals surface area contributed by atoms with Crippen molar-refractivity contribution in [1.29, 1.82) is 0 Å². The summed E-state index contributed by atoms with van der Waals surface area (Å²) >= 11 is 0. The fourth-order valence-electron chi connectivity index (χ4n) is 4.61. The summed E-state index contributed by atoms with van der Waals surface area (Å²) in [7, 11) is -2.45. The lowest BCUT2D eigenvalue weighted by Gasteiger charge is -2.30. The van der Waals surface area contributed by atoms with E-state index in [1.807, 2.05) is 0 Å². The molecule has 2 aromatic carbocycles. The number of benzene rings is 2. The van der Waals surface area contributed by atoms with Gasteiger partial charge in [0.25, 0.3) is 5.91 Å². The molecule has 218 valence electrons. The summed E-state index contributed by atoms with van der Waals surface area (Å²) in [6, 6.07) is 13.0. The second kappa shape index (κ2) is 12.4. The standard InChI is InChI=1S/C29H32N2O9S/c1-37-21-8-10-22(11-9-21)41(35,36)31(12-14-32)13-15-38-27-17-19(16-26(40-27)29(34)30-20-6-7-20)24-18-39-25-5-3-2-4-23(25)28(24)33/h2-5,8-11,16,18-20,27,32H,6-7,12-15,17H2,1H3,(H,30,34)/t19-,27+/m0/s1. The molecule has 2 aliphatic rings. The second-order valence-corrected chi connectivity index (χ2v) is 11.8. The normalized spacial score (nSPS) is 19.0. The number of aliphatic hydroxyl groups excluding tert-OH is 1. The molecule has 2 heterocycles. The number of sulfonamides is 1. The number of amides is 1. The number of hydrogen-bond donors (Lipinski definition) is 2. The van der Waals surface area contributed by atoms with Gasteiger partial charge in [0.05, 0.1) is 36.9 Å². The summed E-state index contributed by atoms with van der Waals surface area (Å²) in [5.41, 5.74) is 0.607. The molecule has 41 heavy (non-hydrogen) atoms. The van der Waals surface area contributed by atoms with Crippen LogP contribution in [-0.4, -0.2) is 69.5 Å². The molecule has 1 amide bonds. The lowest BCUT2D eigenvalue weighted by Crippen LogP contribution is -2.38. The van der Waals surface area contributed by atoms with Gasteiger partial charge < -0.3 is 29.1 Å².